The summed E-state index contributed by atoms with van der Waals surface area (Å²) in [5.41, 5.74) is 0. The van der Waals surface area contributed by atoms with Gasteiger partial charge in [-0.3, -0.25) is 0 Å². The first-order valence-corrected chi connectivity index (χ1v) is 5.21. The molecule has 0 saturated carbocycles. The van der Waals surface area contributed by atoms with Crippen molar-refractivity contribution < 1.29 is 10.2 Å². The quantitative estimate of drug-likeness (QED) is 0.704. The molecule has 2 N–H and O–H groups in total. The van der Waals surface area contributed by atoms with Crippen LogP contribution in [0.25, 0.3) is 0 Å². The molecule has 0 radical (unpaired) electrons. The van der Waals surface area contributed by atoms with Crippen LogP contribution >= 0.6 is 11.3 Å². The summed E-state index contributed by atoms with van der Waals surface area (Å²) in [6.45, 7) is 1.66. The largest absolute Gasteiger partial charge is 0.493 e. The maximum absolute atomic E-state index is 9.29. The maximum atomic E-state index is 9.29. The molecule has 1 saturated heterocycles. The minimum absolute atomic E-state index is 0.0890. The van der Waals surface area contributed by atoms with E-state index >= 15 is 0 Å². The van der Waals surface area contributed by atoms with Crippen molar-refractivity contribution in [3.05, 3.63) is 5.38 Å². The normalized spacial score (nSPS) is 19.3. The van der Waals surface area contributed by atoms with Gasteiger partial charge in [-0.05, 0) is 12.8 Å². The van der Waals surface area contributed by atoms with Crippen molar-refractivity contribution >= 4 is 16.5 Å². The maximum Gasteiger partial charge on any atom is 0.223 e. The fourth-order valence-electron chi connectivity index (χ4n) is 1.46. The van der Waals surface area contributed by atoms with Crippen molar-refractivity contribution in [1.82, 2.24) is 4.98 Å². The van der Waals surface area contributed by atoms with Gasteiger partial charge in [-0.15, -0.1) is 11.3 Å². The zero-order valence-corrected chi connectivity index (χ0v) is 8.00. The van der Waals surface area contributed by atoms with E-state index in [4.69, 9.17) is 5.11 Å². The minimum Gasteiger partial charge on any atom is -0.493 e. The second-order valence-electron chi connectivity index (χ2n) is 3.21. The molecule has 2 rings (SSSR count). The number of anilines is 1. The highest BCUT2D eigenvalue weighted by molar-refractivity contribution is 7.13. The number of rotatable bonds is 1. The van der Waals surface area contributed by atoms with Crippen molar-refractivity contribution in [2.45, 2.75) is 18.9 Å². The summed E-state index contributed by atoms with van der Waals surface area (Å²) in [4.78, 5) is 6.07. The summed E-state index contributed by atoms with van der Waals surface area (Å²) < 4.78 is 0. The average Bonchev–Trinajstić information content (AvgIpc) is 2.53. The Hall–Kier alpha value is -0.810. The predicted molar refractivity (Wildman–Crippen MR) is 51.2 cm³/mol. The van der Waals surface area contributed by atoms with Gasteiger partial charge in [0, 0.05) is 13.1 Å². The molecule has 4 nitrogen and oxygen atoms in total. The number of aliphatic hydroxyl groups is 1. The smallest absolute Gasteiger partial charge is 0.223 e. The standard InChI is InChI=1S/C8H12N2O2S/c11-6-1-3-10(4-2-6)8-9-7(12)5-13-8/h5-6,11-12H,1-4H2. The molecule has 1 fully saturated rings. The number of thiazole rings is 1. The van der Waals surface area contributed by atoms with Crippen LogP contribution in [0.4, 0.5) is 5.13 Å². The van der Waals surface area contributed by atoms with E-state index in [0.717, 1.165) is 31.1 Å². The first kappa shape index (κ1) is 8.77. The number of aromatic nitrogens is 1. The van der Waals surface area contributed by atoms with Gasteiger partial charge in [0.15, 0.2) is 5.13 Å². The Labute approximate surface area is 80.5 Å². The Morgan fingerprint density at radius 1 is 1.46 bits per heavy atom. The molecular formula is C8H12N2O2S. The number of hydrogen-bond donors (Lipinski definition) is 2. The molecule has 0 aromatic carbocycles. The molecule has 1 aliphatic heterocycles. The van der Waals surface area contributed by atoms with Gasteiger partial charge in [0.2, 0.25) is 5.88 Å². The van der Waals surface area contributed by atoms with Crippen molar-refractivity contribution in [1.29, 1.82) is 0 Å². The number of hydrogen-bond acceptors (Lipinski definition) is 5. The highest BCUT2D eigenvalue weighted by atomic mass is 32.1. The highest BCUT2D eigenvalue weighted by Gasteiger charge is 2.19. The van der Waals surface area contributed by atoms with E-state index in [2.05, 4.69) is 9.88 Å². The molecule has 5 heteroatoms. The third-order valence-electron chi connectivity index (χ3n) is 2.21. The van der Waals surface area contributed by atoms with E-state index in [0.29, 0.717) is 0 Å². The molecule has 1 aromatic rings. The number of aromatic hydroxyl groups is 1. The summed E-state index contributed by atoms with van der Waals surface area (Å²) >= 11 is 1.44. The van der Waals surface area contributed by atoms with Crippen LogP contribution < -0.4 is 4.90 Å². The number of aliphatic hydroxyl groups excluding tert-OH is 1. The van der Waals surface area contributed by atoms with Crippen molar-refractivity contribution in [3.63, 3.8) is 0 Å². The summed E-state index contributed by atoms with van der Waals surface area (Å²) in [7, 11) is 0. The van der Waals surface area contributed by atoms with E-state index in [1.54, 1.807) is 5.38 Å². The molecule has 0 amide bonds. The fourth-order valence-corrected chi connectivity index (χ4v) is 2.20. The fraction of sp³-hybridized carbons (Fsp3) is 0.625. The molecule has 0 unspecified atom stereocenters. The zero-order valence-electron chi connectivity index (χ0n) is 7.18. The van der Waals surface area contributed by atoms with Crippen LogP contribution in [0.1, 0.15) is 12.8 Å². The first-order valence-electron chi connectivity index (χ1n) is 4.33. The number of nitrogens with zero attached hydrogens (tertiary/aromatic N) is 2. The van der Waals surface area contributed by atoms with Crippen LogP contribution in [-0.2, 0) is 0 Å². The Bertz CT molecular complexity index is 281. The topological polar surface area (TPSA) is 56.6 Å². The summed E-state index contributed by atoms with van der Waals surface area (Å²) in [5.74, 6) is 0.0890. The SMILES string of the molecule is Oc1csc(N2CCC(O)CC2)n1. The van der Waals surface area contributed by atoms with E-state index < -0.39 is 0 Å². The first-order chi connectivity index (χ1) is 6.25. The Morgan fingerprint density at radius 2 is 2.15 bits per heavy atom. The lowest BCUT2D eigenvalue weighted by molar-refractivity contribution is 0.145. The second-order valence-corrected chi connectivity index (χ2v) is 4.04. The number of piperidine rings is 1. The van der Waals surface area contributed by atoms with Crippen molar-refractivity contribution in [3.8, 4) is 5.88 Å². The molecule has 0 atom stereocenters. The van der Waals surface area contributed by atoms with Gasteiger partial charge in [-0.25, -0.2) is 0 Å². The average molecular weight is 200 g/mol. The van der Waals surface area contributed by atoms with Crippen LogP contribution in [0.15, 0.2) is 5.38 Å². The molecule has 0 bridgehead atoms. The van der Waals surface area contributed by atoms with Gasteiger partial charge < -0.3 is 15.1 Å². The lowest BCUT2D eigenvalue weighted by Gasteiger charge is -2.28. The van der Waals surface area contributed by atoms with E-state index in [-0.39, 0.29) is 12.0 Å². The molecule has 0 spiro atoms. The molecule has 13 heavy (non-hydrogen) atoms. The zero-order chi connectivity index (χ0) is 9.26. The lowest BCUT2D eigenvalue weighted by atomic mass is 10.1. The van der Waals surface area contributed by atoms with Gasteiger partial charge >= 0.3 is 0 Å². The van der Waals surface area contributed by atoms with Gasteiger partial charge in [0.1, 0.15) is 0 Å². The van der Waals surface area contributed by atoms with Crippen LogP contribution in [0.3, 0.4) is 0 Å². The van der Waals surface area contributed by atoms with Gasteiger partial charge in [0.05, 0.1) is 11.5 Å². The Kier molecular flexibility index (Phi) is 2.37. The van der Waals surface area contributed by atoms with Crippen LogP contribution in [-0.4, -0.2) is 34.4 Å². The second kappa shape index (κ2) is 3.51. The van der Waals surface area contributed by atoms with Crippen LogP contribution in [0, 0.1) is 0 Å². The van der Waals surface area contributed by atoms with Crippen LogP contribution in [0.2, 0.25) is 0 Å². The van der Waals surface area contributed by atoms with Crippen molar-refractivity contribution in [2.75, 3.05) is 18.0 Å². The predicted octanol–water partition coefficient (Wildman–Crippen LogP) is 0.810. The van der Waals surface area contributed by atoms with E-state index in [9.17, 15) is 5.11 Å². The molecule has 2 heterocycles. The summed E-state index contributed by atoms with van der Waals surface area (Å²) in [6, 6.07) is 0. The van der Waals surface area contributed by atoms with Crippen molar-refractivity contribution in [2.24, 2.45) is 0 Å². The lowest BCUT2D eigenvalue weighted by Crippen LogP contribution is -2.35. The summed E-state index contributed by atoms with van der Waals surface area (Å²) in [6.07, 6.45) is 1.42. The Balaban J connectivity index is 2.02. The van der Waals surface area contributed by atoms with Gasteiger partial charge in [-0.2, -0.15) is 4.98 Å². The van der Waals surface area contributed by atoms with Gasteiger partial charge in [0.25, 0.3) is 0 Å². The molecular weight excluding hydrogens is 188 g/mol. The minimum atomic E-state index is -0.162. The van der Waals surface area contributed by atoms with E-state index in [1.165, 1.54) is 11.3 Å². The molecule has 72 valence electrons. The third-order valence-corrected chi connectivity index (χ3v) is 3.10. The molecule has 1 aliphatic rings. The Morgan fingerprint density at radius 3 is 2.69 bits per heavy atom. The third kappa shape index (κ3) is 1.92. The van der Waals surface area contributed by atoms with E-state index in [1.807, 2.05) is 0 Å². The van der Waals surface area contributed by atoms with Crippen LogP contribution in [0.5, 0.6) is 5.88 Å². The van der Waals surface area contributed by atoms with Gasteiger partial charge in [-0.1, -0.05) is 0 Å². The highest BCUT2D eigenvalue weighted by Crippen LogP contribution is 2.26. The summed E-state index contributed by atoms with van der Waals surface area (Å²) in [5, 5.41) is 20.8. The molecule has 0 aliphatic carbocycles. The molecule has 1 aromatic heterocycles. The monoisotopic (exact) mass is 200 g/mol.